The third kappa shape index (κ3) is 2.59. The summed E-state index contributed by atoms with van der Waals surface area (Å²) < 4.78 is 11.0. The maximum absolute atomic E-state index is 11.7. The van der Waals surface area contributed by atoms with Gasteiger partial charge in [-0.3, -0.25) is 19.3 Å². The molecule has 112 valence electrons. The van der Waals surface area contributed by atoms with Crippen molar-refractivity contribution in [2.75, 3.05) is 0 Å². The predicted octanol–water partition coefficient (Wildman–Crippen LogP) is 1.61. The highest BCUT2D eigenvalue weighted by Crippen LogP contribution is 2.16. The summed E-state index contributed by atoms with van der Waals surface area (Å²) in [6.07, 6.45) is 1.59. The van der Waals surface area contributed by atoms with Crippen molar-refractivity contribution in [2.45, 2.75) is 6.61 Å². The molecular weight excluding hydrogens is 314 g/mol. The number of furan rings is 1. The number of carbonyl (C=O) groups is 1. The lowest BCUT2D eigenvalue weighted by Crippen LogP contribution is -2.14. The molecule has 0 aliphatic heterocycles. The highest BCUT2D eigenvalue weighted by atomic mass is 32.1. The third-order valence-electron chi connectivity index (χ3n) is 2.68. The topological polar surface area (TPSA) is 117 Å². The first-order chi connectivity index (χ1) is 10.5. The molecule has 0 radical (unpaired) electrons. The molecule has 0 amide bonds. The maximum Gasteiger partial charge on any atom is 0.433 e. The van der Waals surface area contributed by atoms with Gasteiger partial charge in [-0.15, -0.1) is 11.3 Å². The summed E-state index contributed by atoms with van der Waals surface area (Å²) in [4.78, 5) is 37.8. The van der Waals surface area contributed by atoms with Crippen LogP contribution in [0.5, 0.6) is 0 Å². The Hall–Kier alpha value is -3.01. The average molecular weight is 321 g/mol. The molecule has 0 aliphatic rings. The molecule has 3 heterocycles. The predicted molar refractivity (Wildman–Crippen MR) is 73.8 cm³/mol. The quantitative estimate of drug-likeness (QED) is 0.407. The van der Waals surface area contributed by atoms with Crippen molar-refractivity contribution in [2.24, 2.45) is 0 Å². The van der Waals surface area contributed by atoms with Crippen LogP contribution >= 0.6 is 11.3 Å². The zero-order valence-electron chi connectivity index (χ0n) is 10.8. The maximum atomic E-state index is 11.7. The lowest BCUT2D eigenvalue weighted by molar-refractivity contribution is -0.402. The molecule has 3 aromatic heterocycles. The first kappa shape index (κ1) is 13.9. The molecule has 3 rings (SSSR count). The number of rotatable bonds is 4. The Balaban J connectivity index is 1.74. The van der Waals surface area contributed by atoms with E-state index in [2.05, 4.69) is 4.98 Å². The van der Waals surface area contributed by atoms with Crippen LogP contribution in [-0.2, 0) is 11.3 Å². The minimum absolute atomic E-state index is 0.239. The normalized spacial score (nSPS) is 10.7. The summed E-state index contributed by atoms with van der Waals surface area (Å²) >= 11 is 1.27. The van der Waals surface area contributed by atoms with E-state index in [1.807, 2.05) is 0 Å². The van der Waals surface area contributed by atoms with Crippen LogP contribution in [0.3, 0.4) is 0 Å². The molecule has 0 atom stereocenters. The van der Waals surface area contributed by atoms with Gasteiger partial charge in [-0.25, -0.2) is 9.78 Å². The van der Waals surface area contributed by atoms with Crippen LogP contribution in [0.25, 0.3) is 4.96 Å². The van der Waals surface area contributed by atoms with Crippen molar-refractivity contribution in [3.63, 3.8) is 0 Å². The van der Waals surface area contributed by atoms with E-state index in [-0.39, 0.29) is 23.6 Å². The Labute approximate surface area is 125 Å². The van der Waals surface area contributed by atoms with Crippen molar-refractivity contribution in [1.29, 1.82) is 0 Å². The number of nitro groups is 1. The van der Waals surface area contributed by atoms with Crippen LogP contribution in [0, 0.1) is 10.1 Å². The van der Waals surface area contributed by atoms with Gasteiger partial charge in [0.1, 0.15) is 11.5 Å². The van der Waals surface area contributed by atoms with Crippen LogP contribution in [0.15, 0.2) is 39.0 Å². The van der Waals surface area contributed by atoms with Crippen molar-refractivity contribution < 1.29 is 18.9 Å². The molecule has 0 aliphatic carbocycles. The van der Waals surface area contributed by atoms with Gasteiger partial charge in [0.25, 0.3) is 5.56 Å². The van der Waals surface area contributed by atoms with Crippen LogP contribution in [0.1, 0.15) is 16.2 Å². The molecular formula is C12H7N3O6S. The van der Waals surface area contributed by atoms with Crippen molar-refractivity contribution in [3.8, 4) is 0 Å². The van der Waals surface area contributed by atoms with Gasteiger partial charge < -0.3 is 9.15 Å². The average Bonchev–Trinajstić information content (AvgIpc) is 3.13. The van der Waals surface area contributed by atoms with E-state index in [4.69, 9.17) is 9.15 Å². The third-order valence-corrected chi connectivity index (χ3v) is 3.44. The highest BCUT2D eigenvalue weighted by Gasteiger charge is 2.18. The Morgan fingerprint density at radius 3 is 3.05 bits per heavy atom. The summed E-state index contributed by atoms with van der Waals surface area (Å²) in [6.45, 7) is -0.239. The molecule has 0 unspecified atom stereocenters. The zero-order valence-corrected chi connectivity index (χ0v) is 11.6. The molecule has 9 nitrogen and oxygen atoms in total. The number of hydrogen-bond donors (Lipinski definition) is 0. The largest absolute Gasteiger partial charge is 0.453 e. The molecule has 22 heavy (non-hydrogen) atoms. The van der Waals surface area contributed by atoms with Gasteiger partial charge in [0.2, 0.25) is 5.76 Å². The van der Waals surface area contributed by atoms with E-state index < -0.39 is 16.8 Å². The number of esters is 1. The van der Waals surface area contributed by atoms with Crippen molar-refractivity contribution in [1.82, 2.24) is 9.38 Å². The molecule has 0 bridgehead atoms. The van der Waals surface area contributed by atoms with E-state index in [0.717, 1.165) is 12.1 Å². The number of thiazole rings is 1. The summed E-state index contributed by atoms with van der Waals surface area (Å²) in [7, 11) is 0. The fourth-order valence-corrected chi connectivity index (χ4v) is 2.45. The molecule has 0 fully saturated rings. The lowest BCUT2D eigenvalue weighted by Gasteiger charge is -2.02. The monoisotopic (exact) mass is 321 g/mol. The smallest absolute Gasteiger partial charge is 0.433 e. The molecule has 0 saturated heterocycles. The lowest BCUT2D eigenvalue weighted by atomic mass is 10.4. The van der Waals surface area contributed by atoms with Crippen LogP contribution in [0.2, 0.25) is 0 Å². The summed E-state index contributed by atoms with van der Waals surface area (Å²) in [5.41, 5.74) is -0.00667. The van der Waals surface area contributed by atoms with E-state index >= 15 is 0 Å². The van der Waals surface area contributed by atoms with Crippen LogP contribution < -0.4 is 5.56 Å². The second-order valence-corrected chi connectivity index (χ2v) is 4.99. The first-order valence-corrected chi connectivity index (χ1v) is 6.80. The molecule has 10 heteroatoms. The number of carbonyl (C=O) groups excluding carboxylic acids is 1. The van der Waals surface area contributed by atoms with Gasteiger partial charge in [-0.05, 0) is 6.07 Å². The van der Waals surface area contributed by atoms with Crippen LogP contribution in [-0.4, -0.2) is 20.3 Å². The molecule has 0 N–H and O–H groups in total. The number of aromatic nitrogens is 2. The Bertz CT molecular complexity index is 924. The number of fused-ring (bicyclic) bond motifs is 1. The Morgan fingerprint density at radius 2 is 2.32 bits per heavy atom. The van der Waals surface area contributed by atoms with Crippen molar-refractivity contribution in [3.05, 3.63) is 61.7 Å². The molecule has 0 aromatic carbocycles. The number of ether oxygens (including phenoxy) is 1. The standard InChI is InChI=1S/C12H7N3O6S/c16-9-5-7(13-12-14(9)3-4-22-12)6-20-11(17)8-1-2-10(21-8)15(18)19/h1-5H,6H2. The fraction of sp³-hybridized carbons (Fsp3) is 0.0833. The number of nitrogens with zero attached hydrogens (tertiary/aromatic N) is 3. The SMILES string of the molecule is O=C(OCc1cc(=O)n2ccsc2n1)c1ccc([N+](=O)[O-])o1. The Morgan fingerprint density at radius 1 is 1.50 bits per heavy atom. The number of hydrogen-bond acceptors (Lipinski definition) is 8. The fourth-order valence-electron chi connectivity index (χ4n) is 1.71. The second kappa shape index (κ2) is 5.41. The van der Waals surface area contributed by atoms with Gasteiger partial charge in [-0.2, -0.15) is 0 Å². The molecule has 3 aromatic rings. The highest BCUT2D eigenvalue weighted by molar-refractivity contribution is 7.15. The van der Waals surface area contributed by atoms with E-state index in [1.165, 1.54) is 21.8 Å². The van der Waals surface area contributed by atoms with Gasteiger partial charge in [0.05, 0.1) is 11.8 Å². The van der Waals surface area contributed by atoms with Crippen molar-refractivity contribution >= 4 is 28.2 Å². The van der Waals surface area contributed by atoms with Gasteiger partial charge in [0.15, 0.2) is 4.96 Å². The minimum Gasteiger partial charge on any atom is -0.453 e. The second-order valence-electron chi connectivity index (χ2n) is 4.11. The van der Waals surface area contributed by atoms with Gasteiger partial charge in [-0.1, -0.05) is 0 Å². The Kier molecular flexibility index (Phi) is 3.43. The zero-order chi connectivity index (χ0) is 15.7. The molecule has 0 saturated carbocycles. The molecule has 0 spiro atoms. The van der Waals surface area contributed by atoms with Gasteiger partial charge in [0, 0.05) is 17.6 Å². The summed E-state index contributed by atoms with van der Waals surface area (Å²) in [5, 5.41) is 12.2. The van der Waals surface area contributed by atoms with Gasteiger partial charge >= 0.3 is 11.9 Å². The minimum atomic E-state index is -0.874. The van der Waals surface area contributed by atoms with E-state index in [9.17, 15) is 19.7 Å². The summed E-state index contributed by atoms with van der Waals surface area (Å²) in [6, 6.07) is 3.45. The summed E-state index contributed by atoms with van der Waals surface area (Å²) in [5.74, 6) is -1.72. The first-order valence-electron chi connectivity index (χ1n) is 5.92. The van der Waals surface area contributed by atoms with E-state index in [0.29, 0.717) is 4.96 Å². The van der Waals surface area contributed by atoms with E-state index in [1.54, 1.807) is 11.6 Å². The van der Waals surface area contributed by atoms with Crippen LogP contribution in [0.4, 0.5) is 5.88 Å².